The SMILES string of the molecule is CCOC(=O)/C(F)=C(/CC)c1c(F)c(F)c(F)c(F)c1F. The lowest BCUT2D eigenvalue weighted by Crippen LogP contribution is -2.11. The van der Waals surface area contributed by atoms with Crippen LogP contribution in [-0.4, -0.2) is 12.6 Å². The molecule has 0 aliphatic heterocycles. The van der Waals surface area contributed by atoms with Gasteiger partial charge < -0.3 is 4.74 Å². The van der Waals surface area contributed by atoms with Crippen LogP contribution < -0.4 is 0 Å². The number of hydrogen-bond donors (Lipinski definition) is 0. The molecule has 1 rings (SSSR count). The summed E-state index contributed by atoms with van der Waals surface area (Å²) in [6, 6.07) is 0. The predicted molar refractivity (Wildman–Crippen MR) is 61.2 cm³/mol. The van der Waals surface area contributed by atoms with Gasteiger partial charge in [-0.2, -0.15) is 4.39 Å². The van der Waals surface area contributed by atoms with Crippen molar-refractivity contribution in [2.24, 2.45) is 0 Å². The van der Waals surface area contributed by atoms with Crippen LogP contribution in [0.4, 0.5) is 26.3 Å². The van der Waals surface area contributed by atoms with E-state index in [4.69, 9.17) is 0 Å². The Morgan fingerprint density at radius 1 is 0.905 bits per heavy atom. The van der Waals surface area contributed by atoms with Gasteiger partial charge in [0.15, 0.2) is 23.3 Å². The maximum Gasteiger partial charge on any atom is 0.367 e. The van der Waals surface area contributed by atoms with Crippen LogP contribution in [0.15, 0.2) is 5.83 Å². The lowest BCUT2D eigenvalue weighted by Gasteiger charge is -2.11. The summed E-state index contributed by atoms with van der Waals surface area (Å²) in [5, 5.41) is 0. The minimum absolute atomic E-state index is 0.222. The molecule has 8 heteroatoms. The van der Waals surface area contributed by atoms with Gasteiger partial charge in [-0.1, -0.05) is 6.92 Å². The van der Waals surface area contributed by atoms with E-state index in [1.54, 1.807) is 0 Å². The summed E-state index contributed by atoms with van der Waals surface area (Å²) < 4.78 is 84.3. The zero-order valence-corrected chi connectivity index (χ0v) is 11.0. The van der Waals surface area contributed by atoms with E-state index in [9.17, 15) is 31.1 Å². The van der Waals surface area contributed by atoms with E-state index in [0.717, 1.165) is 0 Å². The van der Waals surface area contributed by atoms with Crippen LogP contribution in [0.5, 0.6) is 0 Å². The molecule has 0 saturated heterocycles. The number of allylic oxidation sites excluding steroid dienone is 1. The summed E-state index contributed by atoms with van der Waals surface area (Å²) >= 11 is 0. The largest absolute Gasteiger partial charge is 0.461 e. The number of ether oxygens (including phenoxy) is 1. The third-order valence-electron chi connectivity index (χ3n) is 2.58. The number of halogens is 6. The normalized spacial score (nSPS) is 12.2. The van der Waals surface area contributed by atoms with E-state index in [2.05, 4.69) is 4.74 Å². The molecule has 1 aromatic rings. The molecule has 0 heterocycles. The molecule has 1 aromatic carbocycles. The molecule has 0 N–H and O–H groups in total. The highest BCUT2D eigenvalue weighted by Crippen LogP contribution is 2.32. The van der Waals surface area contributed by atoms with Crippen LogP contribution in [0, 0.1) is 29.1 Å². The number of benzene rings is 1. The summed E-state index contributed by atoms with van der Waals surface area (Å²) in [6.07, 6.45) is -0.483. The van der Waals surface area contributed by atoms with Crippen LogP contribution in [0.1, 0.15) is 25.8 Å². The minimum Gasteiger partial charge on any atom is -0.461 e. The van der Waals surface area contributed by atoms with E-state index in [0.29, 0.717) is 0 Å². The standard InChI is InChI=1S/C13H10F6O2/c1-3-5(7(14)13(20)21-4-2)6-8(15)10(17)12(19)11(18)9(6)16/h3-4H2,1-2H3/b7-5+. The average Bonchev–Trinajstić information content (AvgIpc) is 2.47. The highest BCUT2D eigenvalue weighted by Gasteiger charge is 2.30. The first kappa shape index (κ1) is 17.1. The molecular weight excluding hydrogens is 302 g/mol. The van der Waals surface area contributed by atoms with Gasteiger partial charge in [0, 0.05) is 5.57 Å². The van der Waals surface area contributed by atoms with Crippen molar-refractivity contribution < 1.29 is 35.9 Å². The van der Waals surface area contributed by atoms with Crippen molar-refractivity contribution in [3.63, 3.8) is 0 Å². The number of hydrogen-bond acceptors (Lipinski definition) is 2. The van der Waals surface area contributed by atoms with Crippen molar-refractivity contribution in [3.8, 4) is 0 Å². The molecule has 0 aliphatic rings. The number of carbonyl (C=O) groups is 1. The van der Waals surface area contributed by atoms with Crippen LogP contribution >= 0.6 is 0 Å². The Kier molecular flexibility index (Phi) is 5.40. The van der Waals surface area contributed by atoms with E-state index in [1.165, 1.54) is 13.8 Å². The second kappa shape index (κ2) is 6.64. The van der Waals surface area contributed by atoms with E-state index in [-0.39, 0.29) is 6.61 Å². The Morgan fingerprint density at radius 2 is 1.33 bits per heavy atom. The maximum atomic E-state index is 13.8. The Labute approximate surface area is 116 Å². The summed E-state index contributed by atoms with van der Waals surface area (Å²) in [7, 11) is 0. The molecule has 0 radical (unpaired) electrons. The summed E-state index contributed by atoms with van der Waals surface area (Å²) in [6.45, 7) is 2.32. The molecule has 2 nitrogen and oxygen atoms in total. The van der Waals surface area contributed by atoms with E-state index >= 15 is 0 Å². The first-order valence-corrected chi connectivity index (χ1v) is 5.85. The molecule has 0 fully saturated rings. The molecule has 0 aliphatic carbocycles. The second-order valence-electron chi connectivity index (χ2n) is 3.81. The Balaban J connectivity index is 3.64. The van der Waals surface area contributed by atoms with Gasteiger partial charge in [0.25, 0.3) is 0 Å². The fourth-order valence-electron chi connectivity index (χ4n) is 1.63. The highest BCUT2D eigenvalue weighted by atomic mass is 19.2. The summed E-state index contributed by atoms with van der Waals surface area (Å²) in [5.74, 6) is -14.5. The van der Waals surface area contributed by atoms with Crippen molar-refractivity contribution in [1.82, 2.24) is 0 Å². The van der Waals surface area contributed by atoms with Crippen LogP contribution in [0.3, 0.4) is 0 Å². The van der Waals surface area contributed by atoms with Crippen molar-refractivity contribution in [2.75, 3.05) is 6.61 Å². The number of esters is 1. The molecular formula is C13H10F6O2. The first-order valence-electron chi connectivity index (χ1n) is 5.85. The lowest BCUT2D eigenvalue weighted by atomic mass is 10.00. The van der Waals surface area contributed by atoms with Crippen LogP contribution in [0.25, 0.3) is 5.57 Å². The number of carbonyl (C=O) groups excluding carboxylic acids is 1. The summed E-state index contributed by atoms with van der Waals surface area (Å²) in [5.41, 5.74) is -2.43. The maximum absolute atomic E-state index is 13.8. The fourth-order valence-corrected chi connectivity index (χ4v) is 1.63. The zero-order chi connectivity index (χ0) is 16.3. The Bertz CT molecular complexity index is 580. The van der Waals surface area contributed by atoms with E-state index < -0.39 is 58.4 Å². The molecule has 0 saturated carbocycles. The van der Waals surface area contributed by atoms with Gasteiger partial charge in [-0.05, 0) is 13.3 Å². The third-order valence-corrected chi connectivity index (χ3v) is 2.58. The first-order chi connectivity index (χ1) is 9.77. The summed E-state index contributed by atoms with van der Waals surface area (Å²) in [4.78, 5) is 11.2. The Morgan fingerprint density at radius 3 is 1.71 bits per heavy atom. The second-order valence-corrected chi connectivity index (χ2v) is 3.81. The highest BCUT2D eigenvalue weighted by molar-refractivity contribution is 5.95. The van der Waals surface area contributed by atoms with Gasteiger partial charge in [0.05, 0.1) is 12.2 Å². The number of rotatable bonds is 4. The topological polar surface area (TPSA) is 26.3 Å². The quantitative estimate of drug-likeness (QED) is 0.276. The molecule has 0 atom stereocenters. The molecule has 0 aromatic heterocycles. The Hall–Kier alpha value is -1.99. The van der Waals surface area contributed by atoms with Gasteiger partial charge in [-0.25, -0.2) is 26.7 Å². The van der Waals surface area contributed by atoms with Gasteiger partial charge in [0.1, 0.15) is 0 Å². The minimum atomic E-state index is -2.36. The smallest absolute Gasteiger partial charge is 0.367 e. The van der Waals surface area contributed by atoms with Crippen molar-refractivity contribution in [1.29, 1.82) is 0 Å². The molecule has 21 heavy (non-hydrogen) atoms. The van der Waals surface area contributed by atoms with Crippen LogP contribution in [-0.2, 0) is 9.53 Å². The predicted octanol–water partition coefficient (Wildman–Crippen LogP) is 4.04. The zero-order valence-electron chi connectivity index (χ0n) is 11.0. The molecule has 0 bridgehead atoms. The average molecular weight is 312 g/mol. The third kappa shape index (κ3) is 3.03. The fraction of sp³-hybridized carbons (Fsp3) is 0.308. The monoisotopic (exact) mass is 312 g/mol. The van der Waals surface area contributed by atoms with Crippen molar-refractivity contribution in [3.05, 3.63) is 40.5 Å². The lowest BCUT2D eigenvalue weighted by molar-refractivity contribution is -0.140. The van der Waals surface area contributed by atoms with Crippen LogP contribution in [0.2, 0.25) is 0 Å². The molecule has 116 valence electrons. The molecule has 0 unspecified atom stereocenters. The van der Waals surface area contributed by atoms with Crippen molar-refractivity contribution >= 4 is 11.5 Å². The van der Waals surface area contributed by atoms with E-state index in [1.807, 2.05) is 0 Å². The van der Waals surface area contributed by atoms with Crippen molar-refractivity contribution in [2.45, 2.75) is 20.3 Å². The van der Waals surface area contributed by atoms with Gasteiger partial charge in [0.2, 0.25) is 11.6 Å². The van der Waals surface area contributed by atoms with Gasteiger partial charge >= 0.3 is 5.97 Å². The molecule has 0 amide bonds. The van der Waals surface area contributed by atoms with Gasteiger partial charge in [-0.15, -0.1) is 0 Å². The van der Waals surface area contributed by atoms with Gasteiger partial charge in [-0.3, -0.25) is 0 Å². The molecule has 0 spiro atoms.